The average molecular weight is 479 g/mol. The SMILES string of the molecule is COc1ccc(C)cc1N(CC(=O)N[C@H](C)c1ccc2c(c1)CCC2)S(=O)(=O)c1ccccc1. The molecule has 1 atom stereocenters. The van der Waals surface area contributed by atoms with Gasteiger partial charge in [0.15, 0.2) is 0 Å². The smallest absolute Gasteiger partial charge is 0.264 e. The summed E-state index contributed by atoms with van der Waals surface area (Å²) in [6.45, 7) is 3.41. The number of ether oxygens (including phenoxy) is 1. The second kappa shape index (κ2) is 9.89. The normalized spacial score (nSPS) is 13.7. The number of anilines is 1. The molecule has 3 aromatic rings. The molecule has 0 saturated carbocycles. The van der Waals surface area contributed by atoms with Gasteiger partial charge >= 0.3 is 0 Å². The maximum atomic E-state index is 13.6. The Labute approximate surface area is 201 Å². The molecule has 0 aromatic heterocycles. The number of methoxy groups -OCH3 is 1. The lowest BCUT2D eigenvalue weighted by atomic mass is 10.0. The van der Waals surface area contributed by atoms with E-state index < -0.39 is 15.9 Å². The van der Waals surface area contributed by atoms with Gasteiger partial charge in [0.2, 0.25) is 5.91 Å². The number of carbonyl (C=O) groups is 1. The maximum Gasteiger partial charge on any atom is 0.264 e. The predicted octanol–water partition coefficient (Wildman–Crippen LogP) is 4.57. The van der Waals surface area contributed by atoms with Crippen molar-refractivity contribution in [2.24, 2.45) is 0 Å². The van der Waals surface area contributed by atoms with E-state index in [1.54, 1.807) is 30.3 Å². The van der Waals surface area contributed by atoms with Crippen molar-refractivity contribution in [2.75, 3.05) is 18.0 Å². The van der Waals surface area contributed by atoms with Crippen molar-refractivity contribution >= 4 is 21.6 Å². The van der Waals surface area contributed by atoms with Gasteiger partial charge in [0.25, 0.3) is 10.0 Å². The number of carbonyl (C=O) groups excluding carboxylic acids is 1. The third-order valence-corrected chi connectivity index (χ3v) is 8.00. The van der Waals surface area contributed by atoms with Crippen LogP contribution in [0.5, 0.6) is 5.75 Å². The standard InChI is InChI=1S/C27H30N2O4S/c1-19-12-15-26(33-3)25(16-19)29(34(31,32)24-10-5-4-6-11-24)18-27(30)28-20(2)22-14-13-21-8-7-9-23(21)17-22/h4-6,10-17,20H,7-9,18H2,1-3H3,(H,28,30)/t20-/m1/s1. The highest BCUT2D eigenvalue weighted by Crippen LogP contribution is 2.33. The largest absolute Gasteiger partial charge is 0.495 e. The first-order valence-electron chi connectivity index (χ1n) is 11.4. The summed E-state index contributed by atoms with van der Waals surface area (Å²) < 4.78 is 33.8. The third-order valence-electron chi connectivity index (χ3n) is 6.22. The van der Waals surface area contributed by atoms with Crippen LogP contribution in [-0.4, -0.2) is 28.0 Å². The molecule has 0 unspecified atom stereocenters. The number of fused-ring (bicyclic) bond motifs is 1. The highest BCUT2D eigenvalue weighted by molar-refractivity contribution is 7.92. The van der Waals surface area contributed by atoms with Gasteiger partial charge in [0.05, 0.1) is 23.7 Å². The number of nitrogens with zero attached hydrogens (tertiary/aromatic N) is 1. The molecule has 6 nitrogen and oxygen atoms in total. The van der Waals surface area contributed by atoms with E-state index in [2.05, 4.69) is 17.4 Å². The lowest BCUT2D eigenvalue weighted by molar-refractivity contribution is -0.120. The van der Waals surface area contributed by atoms with Crippen molar-refractivity contribution < 1.29 is 17.9 Å². The molecule has 1 aliphatic rings. The van der Waals surface area contributed by atoms with E-state index >= 15 is 0 Å². The fourth-order valence-electron chi connectivity index (χ4n) is 4.38. The van der Waals surface area contributed by atoms with E-state index in [1.165, 1.54) is 30.4 Å². The van der Waals surface area contributed by atoms with E-state index in [9.17, 15) is 13.2 Å². The minimum atomic E-state index is -4.01. The lowest BCUT2D eigenvalue weighted by Gasteiger charge is -2.27. The molecule has 3 aromatic carbocycles. The molecule has 0 saturated heterocycles. The third kappa shape index (κ3) is 4.94. The Morgan fingerprint density at radius 2 is 1.76 bits per heavy atom. The van der Waals surface area contributed by atoms with E-state index in [1.807, 2.05) is 26.0 Å². The van der Waals surface area contributed by atoms with Crippen LogP contribution in [0.25, 0.3) is 0 Å². The number of hydrogen-bond acceptors (Lipinski definition) is 4. The molecular weight excluding hydrogens is 448 g/mol. The molecule has 0 bridgehead atoms. The zero-order valence-electron chi connectivity index (χ0n) is 19.7. The van der Waals surface area contributed by atoms with Crippen LogP contribution in [0.3, 0.4) is 0 Å². The Hall–Kier alpha value is -3.32. The molecule has 0 spiro atoms. The number of aryl methyl sites for hydroxylation is 3. The van der Waals surface area contributed by atoms with Gasteiger partial charge in [-0.05, 0) is 79.6 Å². The van der Waals surface area contributed by atoms with Crippen LogP contribution < -0.4 is 14.4 Å². The monoisotopic (exact) mass is 478 g/mol. The minimum Gasteiger partial charge on any atom is -0.495 e. The summed E-state index contributed by atoms with van der Waals surface area (Å²) in [6, 6.07) is 19.5. The average Bonchev–Trinajstić information content (AvgIpc) is 3.31. The number of benzene rings is 3. The molecule has 0 radical (unpaired) electrons. The van der Waals surface area contributed by atoms with Gasteiger partial charge < -0.3 is 10.1 Å². The van der Waals surface area contributed by atoms with Gasteiger partial charge in [-0.1, -0.05) is 42.5 Å². The lowest BCUT2D eigenvalue weighted by Crippen LogP contribution is -2.41. The maximum absolute atomic E-state index is 13.6. The zero-order chi connectivity index (χ0) is 24.3. The predicted molar refractivity (Wildman–Crippen MR) is 134 cm³/mol. The van der Waals surface area contributed by atoms with Crippen molar-refractivity contribution in [3.8, 4) is 5.75 Å². The number of rotatable bonds is 8. The first-order chi connectivity index (χ1) is 16.3. The van der Waals surface area contributed by atoms with E-state index in [0.717, 1.165) is 34.7 Å². The van der Waals surface area contributed by atoms with E-state index in [4.69, 9.17) is 4.74 Å². The first-order valence-corrected chi connectivity index (χ1v) is 12.9. The van der Waals surface area contributed by atoms with Crippen LogP contribution in [0, 0.1) is 6.92 Å². The summed E-state index contributed by atoms with van der Waals surface area (Å²) in [5.74, 6) is -0.0133. The Morgan fingerprint density at radius 1 is 1.03 bits per heavy atom. The van der Waals surface area contributed by atoms with Gasteiger partial charge in [0.1, 0.15) is 12.3 Å². The Balaban J connectivity index is 1.63. The summed E-state index contributed by atoms with van der Waals surface area (Å²) in [6.07, 6.45) is 3.31. The number of nitrogens with one attached hydrogen (secondary N) is 1. The highest BCUT2D eigenvalue weighted by Gasteiger charge is 2.30. The molecule has 0 aliphatic heterocycles. The van der Waals surface area contributed by atoms with Crippen LogP contribution >= 0.6 is 0 Å². The number of hydrogen-bond donors (Lipinski definition) is 1. The van der Waals surface area contributed by atoms with Crippen molar-refractivity contribution in [1.29, 1.82) is 0 Å². The Kier molecular flexibility index (Phi) is 6.93. The van der Waals surface area contributed by atoms with Crippen molar-refractivity contribution in [2.45, 2.75) is 44.0 Å². The summed E-state index contributed by atoms with van der Waals surface area (Å²) in [5.41, 5.74) is 4.90. The molecule has 1 amide bonds. The topological polar surface area (TPSA) is 75.7 Å². The van der Waals surface area contributed by atoms with Gasteiger partial charge in [-0.25, -0.2) is 8.42 Å². The summed E-state index contributed by atoms with van der Waals surface area (Å²) >= 11 is 0. The fourth-order valence-corrected chi connectivity index (χ4v) is 5.82. The van der Waals surface area contributed by atoms with Crippen LogP contribution in [0.2, 0.25) is 0 Å². The van der Waals surface area contributed by atoms with E-state index in [-0.39, 0.29) is 17.5 Å². The van der Waals surface area contributed by atoms with Crippen LogP contribution in [0.1, 0.15) is 41.6 Å². The van der Waals surface area contributed by atoms with E-state index in [0.29, 0.717) is 11.4 Å². The molecule has 178 valence electrons. The van der Waals surface area contributed by atoms with Crippen molar-refractivity contribution in [3.63, 3.8) is 0 Å². The fraction of sp³-hybridized carbons (Fsp3) is 0.296. The van der Waals surface area contributed by atoms with Crippen LogP contribution in [0.4, 0.5) is 5.69 Å². The van der Waals surface area contributed by atoms with Gasteiger partial charge in [-0.2, -0.15) is 0 Å². The number of sulfonamides is 1. The van der Waals surface area contributed by atoms with Crippen LogP contribution in [-0.2, 0) is 27.7 Å². The summed E-state index contributed by atoms with van der Waals surface area (Å²) in [7, 11) is -2.53. The van der Waals surface area contributed by atoms with Crippen LogP contribution in [0.15, 0.2) is 71.6 Å². The second-order valence-electron chi connectivity index (χ2n) is 8.67. The Morgan fingerprint density at radius 3 is 2.50 bits per heavy atom. The number of amides is 1. The summed E-state index contributed by atoms with van der Waals surface area (Å²) in [4.78, 5) is 13.3. The molecule has 34 heavy (non-hydrogen) atoms. The highest BCUT2D eigenvalue weighted by atomic mass is 32.2. The van der Waals surface area contributed by atoms with Crippen molar-refractivity contribution in [1.82, 2.24) is 5.32 Å². The Bertz CT molecular complexity index is 1290. The molecule has 7 heteroatoms. The van der Waals surface area contributed by atoms with Crippen molar-refractivity contribution in [3.05, 3.63) is 89.0 Å². The van der Waals surface area contributed by atoms with Gasteiger partial charge in [-0.15, -0.1) is 0 Å². The van der Waals surface area contributed by atoms with Gasteiger partial charge in [-0.3, -0.25) is 9.10 Å². The molecule has 1 aliphatic carbocycles. The molecule has 0 fully saturated rings. The minimum absolute atomic E-state index is 0.109. The molecular formula is C27H30N2O4S. The molecule has 0 heterocycles. The van der Waals surface area contributed by atoms with Gasteiger partial charge in [0, 0.05) is 0 Å². The summed E-state index contributed by atoms with van der Waals surface area (Å²) in [5, 5.41) is 2.98. The second-order valence-corrected chi connectivity index (χ2v) is 10.5. The zero-order valence-corrected chi connectivity index (χ0v) is 20.6. The quantitative estimate of drug-likeness (QED) is 0.515. The first kappa shape index (κ1) is 23.8. The molecule has 1 N–H and O–H groups in total. The molecule has 4 rings (SSSR count).